The van der Waals surface area contributed by atoms with Gasteiger partial charge in [0.15, 0.2) is 0 Å². The first-order valence-electron chi connectivity index (χ1n) is 11.8. The van der Waals surface area contributed by atoms with Gasteiger partial charge in [0.05, 0.1) is 43.6 Å². The number of esters is 1. The number of aromatic hydroxyl groups is 1. The van der Waals surface area contributed by atoms with Crippen molar-refractivity contribution in [3.05, 3.63) is 94.6 Å². The minimum atomic E-state index is -0.962. The molecule has 0 spiro atoms. The van der Waals surface area contributed by atoms with Gasteiger partial charge in [0.1, 0.15) is 23.0 Å². The zero-order valence-electron chi connectivity index (χ0n) is 21.1. The van der Waals surface area contributed by atoms with E-state index >= 15 is 0 Å². The number of amides is 1. The molecule has 3 aromatic carbocycles. The fourth-order valence-electron chi connectivity index (χ4n) is 4.35. The van der Waals surface area contributed by atoms with Crippen LogP contribution in [0.25, 0.3) is 5.76 Å². The molecule has 0 aromatic heterocycles. The maximum atomic E-state index is 13.3. The molecule has 1 saturated heterocycles. The molecule has 0 bridgehead atoms. The molecule has 1 aliphatic rings. The van der Waals surface area contributed by atoms with Crippen LogP contribution in [0, 0.1) is 0 Å². The number of ketones is 1. The van der Waals surface area contributed by atoms with E-state index < -0.39 is 29.5 Å². The maximum absolute atomic E-state index is 13.3. The normalized spacial score (nSPS) is 16.4. The molecule has 1 amide bonds. The second kappa shape index (κ2) is 11.1. The third-order valence-electron chi connectivity index (χ3n) is 6.23. The summed E-state index contributed by atoms with van der Waals surface area (Å²) in [5.41, 5.74) is 1.58. The van der Waals surface area contributed by atoms with Crippen molar-refractivity contribution in [3.63, 3.8) is 0 Å². The Morgan fingerprint density at radius 1 is 0.947 bits per heavy atom. The van der Waals surface area contributed by atoms with Crippen molar-refractivity contribution in [2.45, 2.75) is 19.5 Å². The van der Waals surface area contributed by atoms with Gasteiger partial charge >= 0.3 is 5.97 Å². The lowest BCUT2D eigenvalue weighted by Gasteiger charge is -2.25. The van der Waals surface area contributed by atoms with Gasteiger partial charge in [-0.3, -0.25) is 9.59 Å². The Balaban J connectivity index is 1.81. The van der Waals surface area contributed by atoms with Crippen LogP contribution < -0.4 is 9.47 Å². The maximum Gasteiger partial charge on any atom is 0.338 e. The van der Waals surface area contributed by atoms with E-state index in [9.17, 15) is 24.6 Å². The number of phenolic OH excluding ortho intramolecular Hbond substituents is 1. The van der Waals surface area contributed by atoms with Gasteiger partial charge in [-0.1, -0.05) is 24.3 Å². The summed E-state index contributed by atoms with van der Waals surface area (Å²) in [4.78, 5) is 40.0. The highest BCUT2D eigenvalue weighted by Crippen LogP contribution is 2.42. The third kappa shape index (κ3) is 5.04. The van der Waals surface area contributed by atoms with Crippen LogP contribution in [0.1, 0.15) is 40.0 Å². The molecule has 38 heavy (non-hydrogen) atoms. The van der Waals surface area contributed by atoms with Crippen LogP contribution in [0.3, 0.4) is 0 Å². The molecule has 1 unspecified atom stereocenters. The largest absolute Gasteiger partial charge is 0.508 e. The fourth-order valence-corrected chi connectivity index (χ4v) is 4.35. The quantitative estimate of drug-likeness (QED) is 0.197. The number of hydrogen-bond acceptors (Lipinski definition) is 8. The molecule has 1 atom stereocenters. The number of phenols is 1. The van der Waals surface area contributed by atoms with Crippen molar-refractivity contribution in [1.82, 2.24) is 4.90 Å². The van der Waals surface area contributed by atoms with Gasteiger partial charge in [-0.2, -0.15) is 0 Å². The average molecular weight is 518 g/mol. The number of nitrogens with zero attached hydrogens (tertiary/aromatic N) is 1. The summed E-state index contributed by atoms with van der Waals surface area (Å²) in [5.74, 6) is -1.84. The number of benzene rings is 3. The van der Waals surface area contributed by atoms with Crippen molar-refractivity contribution >= 4 is 23.4 Å². The van der Waals surface area contributed by atoms with Crippen molar-refractivity contribution in [3.8, 4) is 17.2 Å². The molecule has 1 heterocycles. The highest BCUT2D eigenvalue weighted by Gasteiger charge is 2.46. The average Bonchev–Trinajstić information content (AvgIpc) is 3.18. The van der Waals surface area contributed by atoms with Crippen molar-refractivity contribution in [1.29, 1.82) is 0 Å². The predicted octanol–water partition coefficient (Wildman–Crippen LogP) is 4.21. The first kappa shape index (κ1) is 26.3. The molecule has 0 radical (unpaired) electrons. The monoisotopic (exact) mass is 517 g/mol. The van der Waals surface area contributed by atoms with Crippen LogP contribution in [0.5, 0.6) is 17.2 Å². The minimum Gasteiger partial charge on any atom is -0.508 e. The SMILES string of the molecule is CCOC(=O)c1ccc(CN2C(=O)C(=O)/C(=C(/O)c3cc(OC)ccc3OC)C2c2ccc(O)cc2)cc1. The Hall–Kier alpha value is -4.79. The highest BCUT2D eigenvalue weighted by atomic mass is 16.5. The van der Waals surface area contributed by atoms with Crippen molar-refractivity contribution in [2.24, 2.45) is 0 Å². The van der Waals surface area contributed by atoms with E-state index in [2.05, 4.69) is 0 Å². The van der Waals surface area contributed by atoms with Crippen LogP contribution in [0.4, 0.5) is 0 Å². The number of methoxy groups -OCH3 is 2. The van der Waals surface area contributed by atoms with E-state index in [4.69, 9.17) is 14.2 Å². The number of rotatable bonds is 8. The fraction of sp³-hybridized carbons (Fsp3) is 0.207. The summed E-state index contributed by atoms with van der Waals surface area (Å²) in [6.07, 6.45) is 0. The molecule has 9 nitrogen and oxygen atoms in total. The lowest BCUT2D eigenvalue weighted by Crippen LogP contribution is -2.29. The summed E-state index contributed by atoms with van der Waals surface area (Å²) in [5, 5.41) is 21.2. The summed E-state index contributed by atoms with van der Waals surface area (Å²) < 4.78 is 15.7. The number of aliphatic hydroxyl groups is 1. The smallest absolute Gasteiger partial charge is 0.338 e. The van der Waals surface area contributed by atoms with Gasteiger partial charge in [-0.25, -0.2) is 4.79 Å². The number of aliphatic hydroxyl groups excluding tert-OH is 1. The first-order chi connectivity index (χ1) is 18.3. The number of Topliss-reactive ketones (excluding diaryl/α,β-unsaturated/α-hetero) is 1. The summed E-state index contributed by atoms with van der Waals surface area (Å²) >= 11 is 0. The summed E-state index contributed by atoms with van der Waals surface area (Å²) in [7, 11) is 2.89. The Morgan fingerprint density at radius 3 is 2.24 bits per heavy atom. The zero-order chi connectivity index (χ0) is 27.4. The Morgan fingerprint density at radius 2 is 1.63 bits per heavy atom. The molecule has 0 aliphatic carbocycles. The van der Waals surface area contributed by atoms with Gasteiger partial charge in [0.2, 0.25) is 0 Å². The van der Waals surface area contributed by atoms with Crippen molar-refractivity contribution in [2.75, 3.05) is 20.8 Å². The van der Waals surface area contributed by atoms with Gasteiger partial charge in [-0.05, 0) is 60.5 Å². The van der Waals surface area contributed by atoms with Crippen LogP contribution in [0.15, 0.2) is 72.3 Å². The molecule has 1 aliphatic heterocycles. The molecule has 3 aromatic rings. The summed E-state index contributed by atoms with van der Waals surface area (Å²) in [6.45, 7) is 1.98. The van der Waals surface area contributed by atoms with E-state index in [1.807, 2.05) is 0 Å². The first-order valence-corrected chi connectivity index (χ1v) is 11.8. The third-order valence-corrected chi connectivity index (χ3v) is 6.23. The Kier molecular flexibility index (Phi) is 7.66. The highest BCUT2D eigenvalue weighted by molar-refractivity contribution is 6.46. The standard InChI is InChI=1S/C29H27NO8/c1-4-38-29(35)19-7-5-17(6-8-19)16-30-25(18-9-11-20(31)12-10-18)24(27(33)28(30)34)26(32)22-15-21(36-2)13-14-23(22)37-3/h5-15,25,31-32H,4,16H2,1-3H3/b26-24+. The topological polar surface area (TPSA) is 123 Å². The van der Waals surface area contributed by atoms with Gasteiger partial charge in [-0.15, -0.1) is 0 Å². The molecule has 196 valence electrons. The van der Waals surface area contributed by atoms with E-state index in [0.29, 0.717) is 22.4 Å². The Labute approximate surface area is 219 Å². The molecule has 9 heteroatoms. The van der Waals surface area contributed by atoms with E-state index in [1.54, 1.807) is 55.5 Å². The zero-order valence-corrected chi connectivity index (χ0v) is 21.1. The molecule has 1 fully saturated rings. The van der Waals surface area contributed by atoms with Crippen molar-refractivity contribution < 1.29 is 38.8 Å². The van der Waals surface area contributed by atoms with E-state index in [1.165, 1.54) is 37.3 Å². The molecular weight excluding hydrogens is 490 g/mol. The second-order valence-electron chi connectivity index (χ2n) is 8.50. The number of carbonyl (C=O) groups excluding carboxylic acids is 3. The molecule has 4 rings (SSSR count). The van der Waals surface area contributed by atoms with Gasteiger partial charge in [0.25, 0.3) is 11.7 Å². The molecule has 0 saturated carbocycles. The van der Waals surface area contributed by atoms with Crippen LogP contribution in [-0.2, 0) is 20.9 Å². The second-order valence-corrected chi connectivity index (χ2v) is 8.50. The lowest BCUT2D eigenvalue weighted by molar-refractivity contribution is -0.140. The van der Waals surface area contributed by atoms with Crippen LogP contribution in [-0.4, -0.2) is 53.6 Å². The number of carbonyl (C=O) groups is 3. The number of hydrogen-bond donors (Lipinski definition) is 2. The van der Waals surface area contributed by atoms with Crippen LogP contribution in [0.2, 0.25) is 0 Å². The molecule has 2 N–H and O–H groups in total. The number of likely N-dealkylation sites (tertiary alicyclic amines) is 1. The Bertz CT molecular complexity index is 1390. The lowest BCUT2D eigenvalue weighted by atomic mass is 9.94. The molecular formula is C29H27NO8. The van der Waals surface area contributed by atoms with Gasteiger partial charge < -0.3 is 29.3 Å². The van der Waals surface area contributed by atoms with Crippen LogP contribution >= 0.6 is 0 Å². The summed E-state index contributed by atoms with van der Waals surface area (Å²) in [6, 6.07) is 16.3. The predicted molar refractivity (Wildman–Crippen MR) is 138 cm³/mol. The van der Waals surface area contributed by atoms with E-state index in [-0.39, 0.29) is 35.8 Å². The van der Waals surface area contributed by atoms with Gasteiger partial charge in [0, 0.05) is 6.54 Å². The minimum absolute atomic E-state index is 0.00900. The number of ether oxygens (including phenoxy) is 3. The van der Waals surface area contributed by atoms with E-state index in [0.717, 1.165) is 0 Å².